The Kier molecular flexibility index (Phi) is 3.72. The van der Waals surface area contributed by atoms with E-state index in [2.05, 4.69) is 31.2 Å². The first-order valence-corrected chi connectivity index (χ1v) is 6.21. The maximum atomic E-state index is 12.0. The van der Waals surface area contributed by atoms with E-state index < -0.39 is 0 Å². The Labute approximate surface area is 114 Å². The summed E-state index contributed by atoms with van der Waals surface area (Å²) < 4.78 is 0.776. The fourth-order valence-electron chi connectivity index (χ4n) is 1.51. The minimum atomic E-state index is -0.185. The summed E-state index contributed by atoms with van der Waals surface area (Å²) in [6, 6.07) is 3.65. The molecule has 0 unspecified atom stereocenters. The van der Waals surface area contributed by atoms with Gasteiger partial charge >= 0.3 is 0 Å². The Hall–Kier alpha value is -1.75. The number of hydrogen-bond donors (Lipinski definition) is 1. The number of pyridine rings is 2. The molecule has 1 amide bonds. The van der Waals surface area contributed by atoms with Crippen LogP contribution in [0.15, 0.2) is 35.3 Å². The lowest BCUT2D eigenvalue weighted by atomic mass is 10.2. The van der Waals surface area contributed by atoms with Crippen LogP contribution in [0.5, 0.6) is 0 Å². The first-order chi connectivity index (χ1) is 8.56. The molecule has 0 saturated heterocycles. The molecule has 2 aromatic rings. The van der Waals surface area contributed by atoms with Crippen LogP contribution in [0.1, 0.15) is 21.5 Å². The highest BCUT2D eigenvalue weighted by molar-refractivity contribution is 9.10. The standard InChI is InChI=1S/C13H12BrN3O/c1-8-3-10(6-15-5-8)13(18)17-11-4-9(2)12(14)16-7-11/h3-7H,1-2H3,(H,17,18). The Morgan fingerprint density at radius 1 is 1.22 bits per heavy atom. The Morgan fingerprint density at radius 3 is 2.67 bits per heavy atom. The molecule has 0 radical (unpaired) electrons. The van der Waals surface area contributed by atoms with Gasteiger partial charge in [0.2, 0.25) is 0 Å². The molecular formula is C13H12BrN3O. The van der Waals surface area contributed by atoms with Crippen LogP contribution >= 0.6 is 15.9 Å². The molecule has 0 aliphatic heterocycles. The number of nitrogens with zero attached hydrogens (tertiary/aromatic N) is 2. The Morgan fingerprint density at radius 2 is 2.00 bits per heavy atom. The van der Waals surface area contributed by atoms with Gasteiger partial charge in [0, 0.05) is 12.4 Å². The summed E-state index contributed by atoms with van der Waals surface area (Å²) in [4.78, 5) is 20.1. The van der Waals surface area contributed by atoms with Crippen molar-refractivity contribution >= 4 is 27.5 Å². The van der Waals surface area contributed by atoms with Crippen LogP contribution in [0.4, 0.5) is 5.69 Å². The largest absolute Gasteiger partial charge is 0.321 e. The molecule has 5 heteroatoms. The van der Waals surface area contributed by atoms with Crippen molar-refractivity contribution in [2.75, 3.05) is 5.32 Å². The van der Waals surface area contributed by atoms with E-state index in [0.29, 0.717) is 11.3 Å². The van der Waals surface area contributed by atoms with E-state index in [1.807, 2.05) is 19.9 Å². The van der Waals surface area contributed by atoms with E-state index >= 15 is 0 Å². The number of hydrogen-bond acceptors (Lipinski definition) is 3. The summed E-state index contributed by atoms with van der Waals surface area (Å²) in [5.41, 5.74) is 3.13. The normalized spacial score (nSPS) is 10.2. The van der Waals surface area contributed by atoms with Crippen molar-refractivity contribution in [3.05, 3.63) is 52.0 Å². The quantitative estimate of drug-likeness (QED) is 0.867. The molecule has 0 saturated carbocycles. The first-order valence-electron chi connectivity index (χ1n) is 5.41. The lowest BCUT2D eigenvalue weighted by Crippen LogP contribution is -2.12. The molecule has 2 aromatic heterocycles. The molecule has 1 N–H and O–H groups in total. The van der Waals surface area contributed by atoms with E-state index in [1.165, 1.54) is 0 Å². The topological polar surface area (TPSA) is 54.9 Å². The van der Waals surface area contributed by atoms with Crippen LogP contribution in [0, 0.1) is 13.8 Å². The first kappa shape index (κ1) is 12.7. The molecule has 0 aliphatic carbocycles. The second-order valence-corrected chi connectivity index (χ2v) is 4.79. The van der Waals surface area contributed by atoms with Crippen molar-refractivity contribution < 1.29 is 4.79 Å². The van der Waals surface area contributed by atoms with E-state index in [1.54, 1.807) is 24.7 Å². The maximum Gasteiger partial charge on any atom is 0.257 e. The number of carbonyl (C=O) groups is 1. The van der Waals surface area contributed by atoms with Crippen LogP contribution in [-0.4, -0.2) is 15.9 Å². The smallest absolute Gasteiger partial charge is 0.257 e. The van der Waals surface area contributed by atoms with Gasteiger partial charge < -0.3 is 5.32 Å². The van der Waals surface area contributed by atoms with Crippen molar-refractivity contribution in [2.24, 2.45) is 0 Å². The van der Waals surface area contributed by atoms with Gasteiger partial charge in [-0.05, 0) is 53.0 Å². The third-order valence-corrected chi connectivity index (χ3v) is 3.24. The molecule has 4 nitrogen and oxygen atoms in total. The van der Waals surface area contributed by atoms with E-state index in [4.69, 9.17) is 0 Å². The number of carbonyl (C=O) groups excluding carboxylic acids is 1. The van der Waals surface area contributed by atoms with Gasteiger partial charge in [-0.2, -0.15) is 0 Å². The zero-order chi connectivity index (χ0) is 13.1. The molecule has 92 valence electrons. The molecule has 18 heavy (non-hydrogen) atoms. The summed E-state index contributed by atoms with van der Waals surface area (Å²) in [5.74, 6) is -0.185. The molecule has 0 bridgehead atoms. The molecule has 0 atom stereocenters. The predicted octanol–water partition coefficient (Wildman–Crippen LogP) is 3.11. The number of aryl methyl sites for hydroxylation is 2. The van der Waals surface area contributed by atoms with Crippen molar-refractivity contribution in [3.63, 3.8) is 0 Å². The zero-order valence-corrected chi connectivity index (χ0v) is 11.7. The highest BCUT2D eigenvalue weighted by Crippen LogP contribution is 2.17. The number of halogens is 1. The molecule has 0 aromatic carbocycles. The van der Waals surface area contributed by atoms with Crippen molar-refractivity contribution in [1.82, 2.24) is 9.97 Å². The van der Waals surface area contributed by atoms with Crippen LogP contribution in [0.3, 0.4) is 0 Å². The maximum absolute atomic E-state index is 12.0. The van der Waals surface area contributed by atoms with Gasteiger partial charge in [0.25, 0.3) is 5.91 Å². The van der Waals surface area contributed by atoms with Gasteiger partial charge in [0.05, 0.1) is 17.4 Å². The third kappa shape index (κ3) is 2.92. The van der Waals surface area contributed by atoms with Crippen LogP contribution in [-0.2, 0) is 0 Å². The van der Waals surface area contributed by atoms with Gasteiger partial charge in [-0.3, -0.25) is 9.78 Å². The van der Waals surface area contributed by atoms with E-state index in [-0.39, 0.29) is 5.91 Å². The summed E-state index contributed by atoms with van der Waals surface area (Å²) in [5, 5.41) is 2.79. The molecule has 0 aliphatic rings. The predicted molar refractivity (Wildman–Crippen MR) is 73.6 cm³/mol. The molecule has 2 rings (SSSR count). The molecule has 0 spiro atoms. The fourth-order valence-corrected chi connectivity index (χ4v) is 1.73. The average molecular weight is 306 g/mol. The summed E-state index contributed by atoms with van der Waals surface area (Å²) in [6.07, 6.45) is 4.86. The number of aromatic nitrogens is 2. The Balaban J connectivity index is 2.18. The highest BCUT2D eigenvalue weighted by Gasteiger charge is 2.07. The average Bonchev–Trinajstić information content (AvgIpc) is 2.34. The van der Waals surface area contributed by atoms with Crippen LogP contribution in [0.25, 0.3) is 0 Å². The fraction of sp³-hybridized carbons (Fsp3) is 0.154. The minimum absolute atomic E-state index is 0.185. The van der Waals surface area contributed by atoms with E-state index in [9.17, 15) is 4.79 Å². The van der Waals surface area contributed by atoms with Gasteiger partial charge in [-0.15, -0.1) is 0 Å². The van der Waals surface area contributed by atoms with Crippen molar-refractivity contribution in [3.8, 4) is 0 Å². The monoisotopic (exact) mass is 305 g/mol. The van der Waals surface area contributed by atoms with Crippen LogP contribution in [0.2, 0.25) is 0 Å². The number of rotatable bonds is 2. The SMILES string of the molecule is Cc1cncc(C(=O)Nc2cnc(Br)c(C)c2)c1. The number of nitrogens with one attached hydrogen (secondary N) is 1. The summed E-state index contributed by atoms with van der Waals surface area (Å²) in [7, 11) is 0. The minimum Gasteiger partial charge on any atom is -0.321 e. The second-order valence-electron chi connectivity index (χ2n) is 4.04. The second kappa shape index (κ2) is 5.27. The number of anilines is 1. The lowest BCUT2D eigenvalue weighted by Gasteiger charge is -2.06. The molecule has 0 fully saturated rings. The molecule has 2 heterocycles. The summed E-state index contributed by atoms with van der Waals surface area (Å²) in [6.45, 7) is 3.82. The van der Waals surface area contributed by atoms with Gasteiger partial charge in [0.1, 0.15) is 4.60 Å². The van der Waals surface area contributed by atoms with E-state index in [0.717, 1.165) is 15.7 Å². The summed E-state index contributed by atoms with van der Waals surface area (Å²) >= 11 is 3.32. The zero-order valence-electron chi connectivity index (χ0n) is 10.1. The van der Waals surface area contributed by atoms with Gasteiger partial charge in [-0.25, -0.2) is 4.98 Å². The molecular weight excluding hydrogens is 294 g/mol. The highest BCUT2D eigenvalue weighted by atomic mass is 79.9. The van der Waals surface area contributed by atoms with Gasteiger partial charge in [0.15, 0.2) is 0 Å². The number of amides is 1. The third-order valence-electron chi connectivity index (χ3n) is 2.41. The van der Waals surface area contributed by atoms with Crippen molar-refractivity contribution in [2.45, 2.75) is 13.8 Å². The van der Waals surface area contributed by atoms with Crippen LogP contribution < -0.4 is 5.32 Å². The Bertz CT molecular complexity index is 599. The lowest BCUT2D eigenvalue weighted by molar-refractivity contribution is 0.102. The van der Waals surface area contributed by atoms with Gasteiger partial charge in [-0.1, -0.05) is 0 Å². The van der Waals surface area contributed by atoms with Crippen molar-refractivity contribution in [1.29, 1.82) is 0 Å².